The van der Waals surface area contributed by atoms with E-state index in [-0.39, 0.29) is 27.0 Å². The van der Waals surface area contributed by atoms with Gasteiger partial charge in [0.05, 0.1) is 21.2 Å². The summed E-state index contributed by atoms with van der Waals surface area (Å²) in [5.41, 5.74) is 10.7. The van der Waals surface area contributed by atoms with Gasteiger partial charge in [-0.25, -0.2) is 0 Å². The highest BCUT2D eigenvalue weighted by Crippen LogP contribution is 2.36. The lowest BCUT2D eigenvalue weighted by molar-refractivity contribution is -0.114. The highest BCUT2D eigenvalue weighted by atomic mass is 32.2. The van der Waals surface area contributed by atoms with Crippen LogP contribution in [0.15, 0.2) is 57.2 Å². The molecular weight excluding hydrogens is 530 g/mol. The fourth-order valence-electron chi connectivity index (χ4n) is 2.83. The van der Waals surface area contributed by atoms with E-state index in [9.17, 15) is 35.2 Å². The van der Waals surface area contributed by atoms with Gasteiger partial charge >= 0.3 is 0 Å². The first-order valence-electron chi connectivity index (χ1n) is 8.96. The van der Waals surface area contributed by atoms with E-state index in [1.54, 1.807) is 0 Å². The van der Waals surface area contributed by atoms with Gasteiger partial charge in [0.25, 0.3) is 30.4 Å². The average Bonchev–Trinajstić information content (AvgIpc) is 2.64. The maximum Gasteiger partial charge on any atom is 0.296 e. The van der Waals surface area contributed by atoms with Crippen molar-refractivity contribution in [2.24, 2.45) is 0 Å². The Balaban J connectivity index is 0.000000303. The molecular formula is C18H19N3O11S3. The lowest BCUT2D eigenvalue weighted by Gasteiger charge is -2.12. The zero-order valence-corrected chi connectivity index (χ0v) is 20.0. The summed E-state index contributed by atoms with van der Waals surface area (Å²) in [7, 11) is -13.5. The summed E-state index contributed by atoms with van der Waals surface area (Å²) >= 11 is 0. The number of hydrogen-bond donors (Lipinski definition) is 7. The fraction of sp³-hybridized carbons (Fsp3) is 0.0556. The van der Waals surface area contributed by atoms with Gasteiger partial charge in [-0.15, -0.1) is 0 Å². The Morgan fingerprint density at radius 2 is 1.31 bits per heavy atom. The zero-order valence-electron chi connectivity index (χ0n) is 17.6. The standard InChI is InChI=1S/C12H11NO8S2.C6H8N2O3S/c1-6(14)13-10-4-8(22(16,17)18)2-7-3-9(23(19,20)21)5-11(15)12(7)10;7-4-1-2-6(5(8)3-4)12(9,10)11/h2-5,15H,1H3,(H,13,14)(H,16,17,18)(H,19,20,21);1-3H,7-8H2,(H,9,10,11). The lowest BCUT2D eigenvalue weighted by atomic mass is 10.1. The van der Waals surface area contributed by atoms with Gasteiger partial charge in [-0.1, -0.05) is 0 Å². The molecule has 35 heavy (non-hydrogen) atoms. The second-order valence-electron chi connectivity index (χ2n) is 6.91. The molecule has 190 valence electrons. The molecule has 0 heterocycles. The monoisotopic (exact) mass is 549 g/mol. The Hall–Kier alpha value is -3.48. The van der Waals surface area contributed by atoms with E-state index in [0.29, 0.717) is 5.69 Å². The van der Waals surface area contributed by atoms with Crippen LogP contribution < -0.4 is 16.8 Å². The molecule has 0 saturated carbocycles. The topological polar surface area (TPSA) is 264 Å². The number of carbonyl (C=O) groups excluding carboxylic acids is 1. The number of nitrogen functional groups attached to an aromatic ring is 2. The van der Waals surface area contributed by atoms with Gasteiger partial charge in [-0.05, 0) is 41.8 Å². The maximum atomic E-state index is 11.3. The molecule has 14 nitrogen and oxygen atoms in total. The number of anilines is 3. The van der Waals surface area contributed by atoms with Gasteiger partial charge in [0.15, 0.2) is 0 Å². The van der Waals surface area contributed by atoms with Gasteiger partial charge in [0.1, 0.15) is 10.6 Å². The molecule has 0 atom stereocenters. The molecule has 0 saturated heterocycles. The van der Waals surface area contributed by atoms with Crippen LogP contribution in [0.2, 0.25) is 0 Å². The summed E-state index contributed by atoms with van der Waals surface area (Å²) < 4.78 is 92.9. The average molecular weight is 550 g/mol. The third kappa shape index (κ3) is 7.01. The minimum absolute atomic E-state index is 0.0556. The highest BCUT2D eigenvalue weighted by molar-refractivity contribution is 7.86. The third-order valence-corrected chi connectivity index (χ3v) is 6.78. The Kier molecular flexibility index (Phi) is 7.65. The number of carbonyl (C=O) groups is 1. The van der Waals surface area contributed by atoms with Crippen molar-refractivity contribution < 1.29 is 48.8 Å². The smallest absolute Gasteiger partial charge is 0.296 e. The van der Waals surface area contributed by atoms with Crippen LogP contribution >= 0.6 is 0 Å². The molecule has 0 bridgehead atoms. The molecule has 3 aromatic carbocycles. The Bertz CT molecular complexity index is 1640. The number of amides is 1. The second-order valence-corrected chi connectivity index (χ2v) is 11.1. The molecule has 9 N–H and O–H groups in total. The number of phenols is 1. The maximum absolute atomic E-state index is 11.3. The molecule has 0 aliphatic heterocycles. The summed E-state index contributed by atoms with van der Waals surface area (Å²) in [5.74, 6) is -1.20. The molecule has 0 unspecified atom stereocenters. The van der Waals surface area contributed by atoms with E-state index >= 15 is 0 Å². The Labute approximate surface area is 199 Å². The summed E-state index contributed by atoms with van der Waals surface area (Å²) in [6, 6.07) is 7.21. The van der Waals surface area contributed by atoms with Crippen molar-refractivity contribution in [3.63, 3.8) is 0 Å². The van der Waals surface area contributed by atoms with E-state index in [1.165, 1.54) is 12.1 Å². The first-order chi connectivity index (χ1) is 15.8. The largest absolute Gasteiger partial charge is 0.507 e. The predicted octanol–water partition coefficient (Wildman–Crippen LogP) is 1.09. The first-order valence-corrected chi connectivity index (χ1v) is 13.3. The minimum atomic E-state index is -4.66. The number of rotatable bonds is 4. The first kappa shape index (κ1) is 27.8. The highest BCUT2D eigenvalue weighted by Gasteiger charge is 2.20. The van der Waals surface area contributed by atoms with Gasteiger partial charge in [-0.3, -0.25) is 18.5 Å². The Morgan fingerprint density at radius 3 is 1.74 bits per heavy atom. The van der Waals surface area contributed by atoms with Crippen molar-refractivity contribution in [2.45, 2.75) is 21.6 Å². The molecule has 3 rings (SSSR count). The molecule has 0 fully saturated rings. The minimum Gasteiger partial charge on any atom is -0.507 e. The van der Waals surface area contributed by atoms with E-state index in [2.05, 4.69) is 5.32 Å². The van der Waals surface area contributed by atoms with Crippen molar-refractivity contribution in [1.82, 2.24) is 0 Å². The zero-order chi connectivity index (χ0) is 26.9. The summed E-state index contributed by atoms with van der Waals surface area (Å²) in [6.45, 7) is 1.13. The van der Waals surface area contributed by atoms with Gasteiger partial charge in [0, 0.05) is 24.1 Å². The van der Waals surface area contributed by atoms with E-state index < -0.39 is 51.8 Å². The number of nitrogens with two attached hydrogens (primary N) is 2. The van der Waals surface area contributed by atoms with Gasteiger partial charge in [0.2, 0.25) is 5.91 Å². The van der Waals surface area contributed by atoms with Crippen LogP contribution in [0.25, 0.3) is 10.8 Å². The molecule has 17 heteroatoms. The lowest BCUT2D eigenvalue weighted by Crippen LogP contribution is -2.08. The van der Waals surface area contributed by atoms with Crippen molar-refractivity contribution in [2.75, 3.05) is 16.8 Å². The van der Waals surface area contributed by atoms with Crippen LogP contribution in [0.1, 0.15) is 6.92 Å². The molecule has 3 aromatic rings. The van der Waals surface area contributed by atoms with Crippen LogP contribution in [0.5, 0.6) is 5.75 Å². The number of hydrogen-bond acceptors (Lipinski definition) is 10. The van der Waals surface area contributed by atoms with Crippen LogP contribution in [-0.2, 0) is 35.1 Å². The van der Waals surface area contributed by atoms with Gasteiger partial charge in [-0.2, -0.15) is 25.3 Å². The van der Waals surface area contributed by atoms with Crippen LogP contribution in [0, 0.1) is 0 Å². The van der Waals surface area contributed by atoms with Crippen molar-refractivity contribution in [1.29, 1.82) is 0 Å². The number of phenolic OH excluding ortho intramolecular Hbond substituents is 1. The summed E-state index contributed by atoms with van der Waals surface area (Å²) in [6.07, 6.45) is 0. The van der Waals surface area contributed by atoms with E-state index in [1.807, 2.05) is 0 Å². The summed E-state index contributed by atoms with van der Waals surface area (Å²) in [5, 5.41) is 12.1. The van der Waals surface area contributed by atoms with E-state index in [0.717, 1.165) is 37.3 Å². The SMILES string of the molecule is CC(=O)Nc1cc(S(=O)(=O)O)cc2cc(S(=O)(=O)O)cc(O)c12.Nc1ccc(S(=O)(=O)O)c(N)c1. The number of fused-ring (bicyclic) bond motifs is 1. The molecule has 0 aliphatic carbocycles. The van der Waals surface area contributed by atoms with Crippen molar-refractivity contribution in [3.8, 4) is 5.75 Å². The molecule has 0 aromatic heterocycles. The van der Waals surface area contributed by atoms with E-state index in [4.69, 9.17) is 25.1 Å². The van der Waals surface area contributed by atoms with Crippen molar-refractivity contribution in [3.05, 3.63) is 42.5 Å². The van der Waals surface area contributed by atoms with Crippen molar-refractivity contribution >= 4 is 64.1 Å². The molecule has 1 amide bonds. The Morgan fingerprint density at radius 1 is 0.800 bits per heavy atom. The predicted molar refractivity (Wildman–Crippen MR) is 125 cm³/mol. The molecule has 0 radical (unpaired) electrons. The number of benzene rings is 3. The van der Waals surface area contributed by atoms with Crippen LogP contribution in [-0.4, -0.2) is 49.9 Å². The number of nitrogens with one attached hydrogen (secondary N) is 1. The third-order valence-electron chi connectivity index (χ3n) is 4.19. The molecule has 0 aliphatic rings. The number of aromatic hydroxyl groups is 1. The second kappa shape index (κ2) is 9.64. The molecule has 0 spiro atoms. The fourth-order valence-corrected chi connectivity index (χ4v) is 4.50. The van der Waals surface area contributed by atoms with Crippen LogP contribution in [0.4, 0.5) is 17.1 Å². The summed E-state index contributed by atoms with van der Waals surface area (Å²) in [4.78, 5) is 9.59. The van der Waals surface area contributed by atoms with Gasteiger partial charge < -0.3 is 21.9 Å². The normalized spacial score (nSPS) is 12.0. The quantitative estimate of drug-likeness (QED) is 0.178. The van der Waals surface area contributed by atoms with Crippen LogP contribution in [0.3, 0.4) is 0 Å².